The fourth-order valence-corrected chi connectivity index (χ4v) is 2.51. The van der Waals surface area contributed by atoms with Crippen LogP contribution in [0.15, 0.2) is 48.5 Å². The quantitative estimate of drug-likeness (QED) is 0.579. The van der Waals surface area contributed by atoms with Crippen molar-refractivity contribution in [3.8, 4) is 5.75 Å². The van der Waals surface area contributed by atoms with Crippen molar-refractivity contribution in [1.82, 2.24) is 5.32 Å². The summed E-state index contributed by atoms with van der Waals surface area (Å²) in [5, 5.41) is 8.59. The lowest BCUT2D eigenvalue weighted by molar-refractivity contribution is -0.118. The highest BCUT2D eigenvalue weighted by Crippen LogP contribution is 2.17. The minimum Gasteiger partial charge on any atom is -0.491 e. The number of hydrogen-bond donors (Lipinski definition) is 3. The van der Waals surface area contributed by atoms with Crippen molar-refractivity contribution >= 4 is 40.5 Å². The summed E-state index contributed by atoms with van der Waals surface area (Å²) < 4.78 is 5.71. The SMILES string of the molecule is CC[C@@H](C)Oc1ccc(C(=O)NC(=S)Nc2cccc(NC(=O)C(C)C)c2)cc1. The summed E-state index contributed by atoms with van der Waals surface area (Å²) in [7, 11) is 0. The van der Waals surface area contributed by atoms with Gasteiger partial charge in [-0.3, -0.25) is 14.9 Å². The molecule has 2 rings (SSSR count). The Morgan fingerprint density at radius 2 is 1.62 bits per heavy atom. The summed E-state index contributed by atoms with van der Waals surface area (Å²) in [6.07, 6.45) is 1.03. The molecule has 0 saturated heterocycles. The highest BCUT2D eigenvalue weighted by Gasteiger charge is 2.10. The van der Waals surface area contributed by atoms with Crippen LogP contribution >= 0.6 is 12.2 Å². The number of ether oxygens (including phenoxy) is 1. The molecule has 1 atom stereocenters. The van der Waals surface area contributed by atoms with E-state index < -0.39 is 0 Å². The van der Waals surface area contributed by atoms with Crippen LogP contribution in [0.2, 0.25) is 0 Å². The Morgan fingerprint density at radius 3 is 2.21 bits per heavy atom. The predicted molar refractivity (Wildman–Crippen MR) is 120 cm³/mol. The van der Waals surface area contributed by atoms with E-state index in [0.29, 0.717) is 16.9 Å². The predicted octanol–water partition coefficient (Wildman–Crippen LogP) is 4.59. The van der Waals surface area contributed by atoms with Gasteiger partial charge in [-0.2, -0.15) is 0 Å². The number of carbonyl (C=O) groups is 2. The van der Waals surface area contributed by atoms with Gasteiger partial charge in [0.2, 0.25) is 5.91 Å². The maximum atomic E-state index is 12.4. The number of carbonyl (C=O) groups excluding carboxylic acids is 2. The van der Waals surface area contributed by atoms with Crippen molar-refractivity contribution < 1.29 is 14.3 Å². The van der Waals surface area contributed by atoms with E-state index in [-0.39, 0.29) is 28.9 Å². The molecule has 0 radical (unpaired) electrons. The Morgan fingerprint density at radius 1 is 1.00 bits per heavy atom. The topological polar surface area (TPSA) is 79.5 Å². The molecule has 0 bridgehead atoms. The zero-order valence-corrected chi connectivity index (χ0v) is 17.9. The fraction of sp³-hybridized carbons (Fsp3) is 0.318. The molecule has 7 heteroatoms. The number of benzene rings is 2. The van der Waals surface area contributed by atoms with E-state index in [2.05, 4.69) is 16.0 Å². The van der Waals surface area contributed by atoms with E-state index in [1.54, 1.807) is 48.5 Å². The van der Waals surface area contributed by atoms with Crippen LogP contribution in [-0.2, 0) is 4.79 Å². The van der Waals surface area contributed by atoms with Crippen LogP contribution in [0.3, 0.4) is 0 Å². The molecule has 0 heterocycles. The maximum absolute atomic E-state index is 12.4. The van der Waals surface area contributed by atoms with Gasteiger partial charge >= 0.3 is 0 Å². The van der Waals surface area contributed by atoms with Gasteiger partial charge in [0, 0.05) is 22.9 Å². The molecule has 0 spiro atoms. The van der Waals surface area contributed by atoms with Crippen molar-refractivity contribution in [1.29, 1.82) is 0 Å². The minimum atomic E-state index is -0.318. The van der Waals surface area contributed by atoms with Gasteiger partial charge in [-0.1, -0.05) is 26.8 Å². The highest BCUT2D eigenvalue weighted by atomic mass is 32.1. The molecule has 2 amide bonds. The van der Waals surface area contributed by atoms with Crippen LogP contribution in [0, 0.1) is 5.92 Å². The second kappa shape index (κ2) is 10.6. The molecule has 29 heavy (non-hydrogen) atoms. The van der Waals surface area contributed by atoms with Crippen molar-refractivity contribution in [2.24, 2.45) is 5.92 Å². The number of anilines is 2. The van der Waals surface area contributed by atoms with E-state index in [1.807, 2.05) is 27.7 Å². The number of thiocarbonyl (C=S) groups is 1. The van der Waals surface area contributed by atoms with Gasteiger partial charge in [0.25, 0.3) is 5.91 Å². The van der Waals surface area contributed by atoms with Gasteiger partial charge < -0.3 is 15.4 Å². The van der Waals surface area contributed by atoms with Crippen LogP contribution in [0.25, 0.3) is 0 Å². The van der Waals surface area contributed by atoms with E-state index in [0.717, 1.165) is 12.2 Å². The van der Waals surface area contributed by atoms with Gasteiger partial charge in [-0.15, -0.1) is 0 Å². The average Bonchev–Trinajstić information content (AvgIpc) is 2.68. The molecule has 0 saturated carbocycles. The summed E-state index contributed by atoms with van der Waals surface area (Å²) in [5.74, 6) is 0.214. The van der Waals surface area contributed by atoms with E-state index in [4.69, 9.17) is 17.0 Å². The van der Waals surface area contributed by atoms with Crippen LogP contribution in [0.1, 0.15) is 44.5 Å². The van der Waals surface area contributed by atoms with Gasteiger partial charge in [-0.25, -0.2) is 0 Å². The highest BCUT2D eigenvalue weighted by molar-refractivity contribution is 7.80. The van der Waals surface area contributed by atoms with Crippen LogP contribution < -0.4 is 20.7 Å². The van der Waals surface area contributed by atoms with E-state index in [9.17, 15) is 9.59 Å². The molecule has 0 aliphatic carbocycles. The molecule has 0 aliphatic rings. The summed E-state index contributed by atoms with van der Waals surface area (Å²) >= 11 is 5.23. The lowest BCUT2D eigenvalue weighted by atomic mass is 10.2. The number of amides is 2. The monoisotopic (exact) mass is 413 g/mol. The number of nitrogens with one attached hydrogen (secondary N) is 3. The van der Waals surface area contributed by atoms with Gasteiger partial charge in [0.15, 0.2) is 5.11 Å². The van der Waals surface area contributed by atoms with E-state index in [1.165, 1.54) is 0 Å². The molecule has 2 aromatic carbocycles. The summed E-state index contributed by atoms with van der Waals surface area (Å²) in [4.78, 5) is 24.2. The second-order valence-electron chi connectivity index (χ2n) is 6.99. The normalized spacial score (nSPS) is 11.5. The largest absolute Gasteiger partial charge is 0.491 e. The van der Waals surface area contributed by atoms with Crippen LogP contribution in [0.4, 0.5) is 11.4 Å². The van der Waals surface area contributed by atoms with Crippen molar-refractivity contribution in [3.05, 3.63) is 54.1 Å². The third-order valence-corrected chi connectivity index (χ3v) is 4.37. The van der Waals surface area contributed by atoms with Crippen LogP contribution in [-0.4, -0.2) is 23.0 Å². The van der Waals surface area contributed by atoms with Crippen molar-refractivity contribution in [2.45, 2.75) is 40.2 Å². The number of rotatable bonds is 7. The Labute approximate surface area is 177 Å². The lowest BCUT2D eigenvalue weighted by Gasteiger charge is -2.13. The third-order valence-electron chi connectivity index (χ3n) is 4.17. The smallest absolute Gasteiger partial charge is 0.257 e. The zero-order chi connectivity index (χ0) is 21.4. The van der Waals surface area contributed by atoms with E-state index >= 15 is 0 Å². The first-order valence-corrected chi connectivity index (χ1v) is 9.99. The average molecular weight is 414 g/mol. The van der Waals surface area contributed by atoms with Gasteiger partial charge in [0.05, 0.1) is 6.10 Å². The van der Waals surface area contributed by atoms with Crippen LogP contribution in [0.5, 0.6) is 5.75 Å². The van der Waals surface area contributed by atoms with Gasteiger partial charge in [-0.05, 0) is 68.0 Å². The molecule has 6 nitrogen and oxygen atoms in total. The molecule has 2 aromatic rings. The maximum Gasteiger partial charge on any atom is 0.257 e. The second-order valence-corrected chi connectivity index (χ2v) is 7.40. The Balaban J connectivity index is 1.93. The first kappa shape index (κ1) is 22.4. The lowest BCUT2D eigenvalue weighted by Crippen LogP contribution is -2.34. The molecular formula is C22H27N3O3S. The molecule has 3 N–H and O–H groups in total. The fourth-order valence-electron chi connectivity index (χ4n) is 2.30. The molecule has 0 aliphatic heterocycles. The van der Waals surface area contributed by atoms with Crippen molar-refractivity contribution in [3.63, 3.8) is 0 Å². The third kappa shape index (κ3) is 7.19. The van der Waals surface area contributed by atoms with Gasteiger partial charge in [0.1, 0.15) is 5.75 Å². The van der Waals surface area contributed by atoms with Crippen molar-refractivity contribution in [2.75, 3.05) is 10.6 Å². The Hall–Kier alpha value is -2.93. The molecule has 0 unspecified atom stereocenters. The number of hydrogen-bond acceptors (Lipinski definition) is 4. The molecule has 0 aromatic heterocycles. The Kier molecular flexibility index (Phi) is 8.15. The standard InChI is InChI=1S/C22H27N3O3S/c1-5-15(4)28-19-11-9-16(10-12-19)21(27)25-22(29)24-18-8-6-7-17(13-18)23-20(26)14(2)3/h6-15H,5H2,1-4H3,(H,23,26)(H2,24,25,27,29)/t15-/m1/s1. The first-order valence-electron chi connectivity index (χ1n) is 9.58. The molecule has 154 valence electrons. The Bertz CT molecular complexity index is 866. The first-order chi connectivity index (χ1) is 13.8. The summed E-state index contributed by atoms with van der Waals surface area (Å²) in [5.41, 5.74) is 1.79. The molecular weight excluding hydrogens is 386 g/mol. The molecule has 0 fully saturated rings. The summed E-state index contributed by atoms with van der Waals surface area (Å²) in [6.45, 7) is 7.69. The zero-order valence-electron chi connectivity index (χ0n) is 17.1. The minimum absolute atomic E-state index is 0.0706. The summed E-state index contributed by atoms with van der Waals surface area (Å²) in [6, 6.07) is 14.0.